The van der Waals surface area contributed by atoms with E-state index < -0.39 is 11.9 Å². The third kappa shape index (κ3) is 2.20. The van der Waals surface area contributed by atoms with E-state index in [9.17, 15) is 9.59 Å². The Morgan fingerprint density at radius 1 is 1.33 bits per heavy atom. The van der Waals surface area contributed by atoms with Crippen LogP contribution in [-0.4, -0.2) is 49.2 Å². The molecule has 3 amide bonds. The maximum absolute atomic E-state index is 12.7. The van der Waals surface area contributed by atoms with Gasteiger partial charge in [0.25, 0.3) is 0 Å². The predicted octanol–water partition coefficient (Wildman–Crippen LogP) is 1.44. The molecule has 1 radical (unpaired) electrons. The number of amides is 3. The number of anilines is 1. The van der Waals surface area contributed by atoms with Crippen molar-refractivity contribution in [3.05, 3.63) is 36.2 Å². The van der Waals surface area contributed by atoms with Gasteiger partial charge in [0.05, 0.1) is 12.6 Å². The number of nitrogens with zero attached hydrogens (tertiary/aromatic N) is 2. The Kier molecular flexibility index (Phi) is 3.53. The lowest BCUT2D eigenvalue weighted by Gasteiger charge is -2.24. The summed E-state index contributed by atoms with van der Waals surface area (Å²) >= 11 is 0. The zero-order valence-electron chi connectivity index (χ0n) is 13.8. The van der Waals surface area contributed by atoms with Crippen molar-refractivity contribution in [1.29, 1.82) is 0 Å². The smallest absolute Gasteiger partial charge is 0.325 e. The fourth-order valence-electron chi connectivity index (χ4n) is 4.08. The minimum atomic E-state index is -0.625. The molecule has 2 heterocycles. The normalized spacial score (nSPS) is 27.5. The highest BCUT2D eigenvalue weighted by atomic mass is 16.5. The molecule has 0 bridgehead atoms. The lowest BCUT2D eigenvalue weighted by Crippen LogP contribution is -2.46. The van der Waals surface area contributed by atoms with Gasteiger partial charge in [0.2, 0.25) is 5.91 Å². The SMILES string of the molecule is COCC1(c2ccc(N3C(=O)N4CC[CH][C@@H]4C3C(N)=O)cc2)CC1. The van der Waals surface area contributed by atoms with Crippen LogP contribution in [0.25, 0.3) is 0 Å². The molecule has 1 aliphatic carbocycles. The van der Waals surface area contributed by atoms with E-state index in [2.05, 4.69) is 0 Å². The topological polar surface area (TPSA) is 75.9 Å². The highest BCUT2D eigenvalue weighted by Gasteiger charge is 2.51. The summed E-state index contributed by atoms with van der Waals surface area (Å²) in [5.74, 6) is -0.462. The van der Waals surface area contributed by atoms with Gasteiger partial charge in [-0.3, -0.25) is 9.69 Å². The standard InChI is InChI=1S/C18H22N3O3/c1-24-11-18(8-9-18)12-4-6-13(7-5-12)21-15(16(19)22)14-3-2-10-20(14)17(21)23/h3-7,14-15H,2,8-11H2,1H3,(H2,19,22)/t14-,15?/m1/s1. The van der Waals surface area contributed by atoms with Crippen LogP contribution in [0.5, 0.6) is 0 Å². The lowest BCUT2D eigenvalue weighted by atomic mass is 9.96. The van der Waals surface area contributed by atoms with Crippen molar-refractivity contribution < 1.29 is 14.3 Å². The monoisotopic (exact) mass is 328 g/mol. The third-order valence-electron chi connectivity index (χ3n) is 5.52. The number of nitrogens with two attached hydrogens (primary N) is 1. The van der Waals surface area contributed by atoms with Crippen LogP contribution >= 0.6 is 0 Å². The summed E-state index contributed by atoms with van der Waals surface area (Å²) in [6.45, 7) is 1.36. The van der Waals surface area contributed by atoms with Gasteiger partial charge in [0.15, 0.2) is 0 Å². The van der Waals surface area contributed by atoms with Gasteiger partial charge >= 0.3 is 6.03 Å². The molecular weight excluding hydrogens is 306 g/mol. The summed E-state index contributed by atoms with van der Waals surface area (Å²) in [6, 6.07) is 6.95. The molecular formula is C18H22N3O3. The van der Waals surface area contributed by atoms with Gasteiger partial charge in [0.1, 0.15) is 6.04 Å². The number of urea groups is 1. The van der Waals surface area contributed by atoms with Gasteiger partial charge in [-0.1, -0.05) is 12.1 Å². The molecule has 127 valence electrons. The fourth-order valence-corrected chi connectivity index (χ4v) is 4.08. The maximum atomic E-state index is 12.7. The molecule has 2 saturated heterocycles. The summed E-state index contributed by atoms with van der Waals surface area (Å²) in [4.78, 5) is 27.9. The van der Waals surface area contributed by atoms with Crippen molar-refractivity contribution in [2.24, 2.45) is 5.73 Å². The molecule has 1 aromatic carbocycles. The summed E-state index contributed by atoms with van der Waals surface area (Å²) in [5.41, 5.74) is 7.67. The molecule has 1 unspecified atom stereocenters. The number of ether oxygens (including phenoxy) is 1. The first-order valence-corrected chi connectivity index (χ1v) is 8.39. The Morgan fingerprint density at radius 3 is 2.62 bits per heavy atom. The van der Waals surface area contributed by atoms with E-state index in [1.807, 2.05) is 30.7 Å². The van der Waals surface area contributed by atoms with Crippen molar-refractivity contribution >= 4 is 17.6 Å². The van der Waals surface area contributed by atoms with Crippen molar-refractivity contribution in [1.82, 2.24) is 4.90 Å². The molecule has 2 atom stereocenters. The van der Waals surface area contributed by atoms with Gasteiger partial charge in [-0.05, 0) is 43.4 Å². The second-order valence-corrected chi connectivity index (χ2v) is 6.97. The third-order valence-corrected chi connectivity index (χ3v) is 5.52. The lowest BCUT2D eigenvalue weighted by molar-refractivity contribution is -0.119. The van der Waals surface area contributed by atoms with Gasteiger partial charge < -0.3 is 15.4 Å². The summed E-state index contributed by atoms with van der Waals surface area (Å²) in [7, 11) is 1.72. The first kappa shape index (κ1) is 15.4. The van der Waals surface area contributed by atoms with E-state index in [4.69, 9.17) is 10.5 Å². The average molecular weight is 328 g/mol. The molecule has 0 aromatic heterocycles. The summed E-state index contributed by atoms with van der Waals surface area (Å²) in [6.07, 6.45) is 5.07. The van der Waals surface area contributed by atoms with Crippen molar-refractivity contribution in [2.45, 2.75) is 36.8 Å². The van der Waals surface area contributed by atoms with Crippen molar-refractivity contribution in [2.75, 3.05) is 25.2 Å². The zero-order valence-corrected chi connectivity index (χ0v) is 13.8. The zero-order chi connectivity index (χ0) is 16.9. The van der Waals surface area contributed by atoms with Crippen LogP contribution in [0, 0.1) is 6.42 Å². The quantitative estimate of drug-likeness (QED) is 0.888. The number of methoxy groups -OCH3 is 1. The molecule has 6 nitrogen and oxygen atoms in total. The molecule has 6 heteroatoms. The molecule has 3 aliphatic rings. The van der Waals surface area contributed by atoms with Gasteiger partial charge in [0, 0.05) is 24.8 Å². The second kappa shape index (κ2) is 5.48. The Balaban J connectivity index is 1.63. The van der Waals surface area contributed by atoms with Crippen LogP contribution in [0.4, 0.5) is 10.5 Å². The van der Waals surface area contributed by atoms with Crippen LogP contribution in [-0.2, 0) is 14.9 Å². The average Bonchev–Trinajstić information content (AvgIpc) is 3.09. The predicted molar refractivity (Wildman–Crippen MR) is 89.5 cm³/mol. The fraction of sp³-hybridized carbons (Fsp3) is 0.500. The molecule has 3 fully saturated rings. The first-order chi connectivity index (χ1) is 11.6. The van der Waals surface area contributed by atoms with E-state index in [-0.39, 0.29) is 17.5 Å². The number of benzene rings is 1. The number of primary amides is 1. The van der Waals surface area contributed by atoms with E-state index in [1.165, 1.54) is 5.56 Å². The molecule has 1 saturated carbocycles. The van der Waals surface area contributed by atoms with Crippen LogP contribution in [0.15, 0.2) is 24.3 Å². The number of rotatable bonds is 5. The van der Waals surface area contributed by atoms with Crippen LogP contribution in [0.2, 0.25) is 0 Å². The first-order valence-electron chi connectivity index (χ1n) is 8.39. The minimum absolute atomic E-state index is 0.124. The van der Waals surface area contributed by atoms with Gasteiger partial charge in [-0.25, -0.2) is 4.79 Å². The van der Waals surface area contributed by atoms with Crippen LogP contribution in [0.3, 0.4) is 0 Å². The van der Waals surface area contributed by atoms with Gasteiger partial charge in [-0.15, -0.1) is 0 Å². The van der Waals surface area contributed by atoms with Crippen LogP contribution in [0.1, 0.15) is 24.8 Å². The maximum Gasteiger partial charge on any atom is 0.325 e. The van der Waals surface area contributed by atoms with Gasteiger partial charge in [-0.2, -0.15) is 0 Å². The highest BCUT2D eigenvalue weighted by Crippen LogP contribution is 2.48. The second-order valence-electron chi connectivity index (χ2n) is 6.97. The number of hydrogen-bond acceptors (Lipinski definition) is 3. The molecule has 2 N–H and O–H groups in total. The highest BCUT2D eigenvalue weighted by molar-refractivity contribution is 6.04. The molecule has 4 rings (SSSR count). The largest absolute Gasteiger partial charge is 0.384 e. The number of carbonyl (C=O) groups is 2. The molecule has 24 heavy (non-hydrogen) atoms. The number of hydrogen-bond donors (Lipinski definition) is 1. The summed E-state index contributed by atoms with van der Waals surface area (Å²) in [5, 5.41) is 0. The Morgan fingerprint density at radius 2 is 2.04 bits per heavy atom. The Bertz CT molecular complexity index is 669. The minimum Gasteiger partial charge on any atom is -0.384 e. The van der Waals surface area contributed by atoms with Crippen LogP contribution < -0.4 is 10.6 Å². The molecule has 0 spiro atoms. The van der Waals surface area contributed by atoms with E-state index in [0.29, 0.717) is 13.2 Å². The van der Waals surface area contributed by atoms with E-state index >= 15 is 0 Å². The molecule has 2 aliphatic heterocycles. The van der Waals surface area contributed by atoms with E-state index in [1.54, 1.807) is 16.9 Å². The number of carbonyl (C=O) groups excluding carboxylic acids is 2. The van der Waals surface area contributed by atoms with E-state index in [0.717, 1.165) is 24.9 Å². The molecule has 1 aromatic rings. The Hall–Kier alpha value is -2.08. The Labute approximate surface area is 141 Å². The van der Waals surface area contributed by atoms with Crippen molar-refractivity contribution in [3.63, 3.8) is 0 Å². The summed E-state index contributed by atoms with van der Waals surface area (Å²) < 4.78 is 5.33. The number of fused-ring (bicyclic) bond motifs is 1. The van der Waals surface area contributed by atoms with Crippen molar-refractivity contribution in [3.8, 4) is 0 Å².